The molecule has 0 amide bonds. The van der Waals surface area contributed by atoms with Crippen LogP contribution in [0.25, 0.3) is 0 Å². The van der Waals surface area contributed by atoms with E-state index in [0.29, 0.717) is 10.0 Å². The Bertz CT molecular complexity index is 416. The molecule has 1 aromatic rings. The molecule has 2 nitrogen and oxygen atoms in total. The summed E-state index contributed by atoms with van der Waals surface area (Å²) in [5, 5.41) is 4.03. The van der Waals surface area contributed by atoms with E-state index in [1.54, 1.807) is 0 Å². The van der Waals surface area contributed by atoms with Gasteiger partial charge in [0.05, 0.1) is 10.7 Å². The van der Waals surface area contributed by atoms with Crippen molar-refractivity contribution >= 4 is 34.5 Å². The van der Waals surface area contributed by atoms with Gasteiger partial charge in [-0.2, -0.15) is 0 Å². The Morgan fingerprint density at radius 3 is 2.82 bits per heavy atom. The van der Waals surface area contributed by atoms with Gasteiger partial charge in [-0.1, -0.05) is 36.7 Å². The lowest BCUT2D eigenvalue weighted by molar-refractivity contribution is 0.687. The third-order valence-corrected chi connectivity index (χ3v) is 3.60. The van der Waals surface area contributed by atoms with E-state index in [1.165, 1.54) is 25.7 Å². The van der Waals surface area contributed by atoms with Crippen LogP contribution < -0.4 is 11.1 Å². The summed E-state index contributed by atoms with van der Waals surface area (Å²) in [6.07, 6.45) is 5.38. The Morgan fingerprint density at radius 2 is 2.24 bits per heavy atom. The largest absolute Gasteiger partial charge is 0.389 e. The number of thiocarbonyl (C=S) groups is 1. The zero-order valence-electron chi connectivity index (χ0n) is 9.71. The fourth-order valence-corrected chi connectivity index (χ4v) is 2.21. The maximum atomic E-state index is 6.15. The molecule has 3 N–H and O–H groups in total. The fourth-order valence-electron chi connectivity index (χ4n) is 1.83. The van der Waals surface area contributed by atoms with E-state index in [9.17, 15) is 0 Å². The molecule has 17 heavy (non-hydrogen) atoms. The van der Waals surface area contributed by atoms with Crippen LogP contribution in [0.2, 0.25) is 5.02 Å². The number of nitrogens with two attached hydrogens (primary N) is 1. The van der Waals surface area contributed by atoms with Crippen LogP contribution in [-0.2, 0) is 0 Å². The lowest BCUT2D eigenvalue weighted by Crippen LogP contribution is -2.09. The zero-order chi connectivity index (χ0) is 12.3. The molecule has 0 spiro atoms. The number of benzene rings is 1. The van der Waals surface area contributed by atoms with E-state index >= 15 is 0 Å². The third-order valence-electron chi connectivity index (χ3n) is 3.06. The second-order valence-corrected chi connectivity index (χ2v) is 5.42. The van der Waals surface area contributed by atoms with Gasteiger partial charge in [0, 0.05) is 12.1 Å². The van der Waals surface area contributed by atoms with Crippen LogP contribution in [0.5, 0.6) is 0 Å². The average molecular weight is 269 g/mol. The minimum Gasteiger partial charge on any atom is -0.389 e. The molecule has 92 valence electrons. The number of anilines is 1. The second-order valence-electron chi connectivity index (χ2n) is 4.57. The molecule has 0 radical (unpaired) electrons. The summed E-state index contributed by atoms with van der Waals surface area (Å²) in [5.41, 5.74) is 7.32. The Balaban J connectivity index is 1.84. The Morgan fingerprint density at radius 1 is 1.47 bits per heavy atom. The monoisotopic (exact) mass is 268 g/mol. The molecule has 0 bridgehead atoms. The quantitative estimate of drug-likeness (QED) is 0.612. The van der Waals surface area contributed by atoms with Gasteiger partial charge in [0.2, 0.25) is 0 Å². The molecule has 0 unspecified atom stereocenters. The van der Waals surface area contributed by atoms with E-state index in [-0.39, 0.29) is 0 Å². The molecule has 0 atom stereocenters. The summed E-state index contributed by atoms with van der Waals surface area (Å²) in [6, 6.07) is 5.65. The molecule has 0 aromatic heterocycles. The van der Waals surface area contributed by atoms with Gasteiger partial charge in [0.15, 0.2) is 0 Å². The Kier molecular flexibility index (Phi) is 4.24. The molecule has 0 heterocycles. The number of halogens is 1. The Labute approximate surface area is 113 Å². The topological polar surface area (TPSA) is 38.0 Å². The van der Waals surface area contributed by atoms with Gasteiger partial charge in [0.1, 0.15) is 4.99 Å². The maximum Gasteiger partial charge on any atom is 0.104 e. The van der Waals surface area contributed by atoms with E-state index in [2.05, 4.69) is 5.32 Å². The highest BCUT2D eigenvalue weighted by molar-refractivity contribution is 7.80. The van der Waals surface area contributed by atoms with Crippen molar-refractivity contribution in [3.05, 3.63) is 28.8 Å². The van der Waals surface area contributed by atoms with Crippen molar-refractivity contribution in [1.82, 2.24) is 0 Å². The van der Waals surface area contributed by atoms with E-state index < -0.39 is 0 Å². The molecular weight excluding hydrogens is 252 g/mol. The van der Waals surface area contributed by atoms with Crippen LogP contribution in [-0.4, -0.2) is 11.5 Å². The van der Waals surface area contributed by atoms with Crippen molar-refractivity contribution in [2.45, 2.75) is 25.7 Å². The van der Waals surface area contributed by atoms with Crippen LogP contribution in [0, 0.1) is 5.92 Å². The van der Waals surface area contributed by atoms with Crippen molar-refractivity contribution in [1.29, 1.82) is 0 Å². The van der Waals surface area contributed by atoms with E-state index in [0.717, 1.165) is 23.7 Å². The molecule has 0 saturated heterocycles. The molecular formula is C13H17ClN2S. The van der Waals surface area contributed by atoms with Gasteiger partial charge in [-0.3, -0.25) is 0 Å². The van der Waals surface area contributed by atoms with Crippen molar-refractivity contribution in [2.75, 3.05) is 11.9 Å². The summed E-state index contributed by atoms with van der Waals surface area (Å²) in [4.78, 5) is 0.382. The number of nitrogens with one attached hydrogen (secondary N) is 1. The van der Waals surface area contributed by atoms with Crippen molar-refractivity contribution < 1.29 is 0 Å². The van der Waals surface area contributed by atoms with Gasteiger partial charge in [0.25, 0.3) is 0 Å². The third kappa shape index (κ3) is 3.86. The van der Waals surface area contributed by atoms with Gasteiger partial charge in [-0.05, 0) is 37.0 Å². The van der Waals surface area contributed by atoms with Crippen LogP contribution in [0.3, 0.4) is 0 Å². The highest BCUT2D eigenvalue weighted by atomic mass is 35.5. The first-order valence-corrected chi connectivity index (χ1v) is 6.78. The summed E-state index contributed by atoms with van der Waals surface area (Å²) in [6.45, 7) is 0.975. The summed E-state index contributed by atoms with van der Waals surface area (Å²) in [7, 11) is 0. The maximum absolute atomic E-state index is 6.15. The molecule has 0 aliphatic heterocycles. The SMILES string of the molecule is NC(=S)c1ccc(NCCCC2CC2)c(Cl)c1. The van der Waals surface area contributed by atoms with Crippen LogP contribution in [0.4, 0.5) is 5.69 Å². The summed E-state index contributed by atoms with van der Waals surface area (Å²) >= 11 is 11.1. The predicted molar refractivity (Wildman–Crippen MR) is 77.8 cm³/mol. The smallest absolute Gasteiger partial charge is 0.104 e. The van der Waals surface area contributed by atoms with Crippen LogP contribution in [0.1, 0.15) is 31.2 Å². The molecule has 1 aromatic carbocycles. The minimum atomic E-state index is 0.382. The minimum absolute atomic E-state index is 0.382. The molecule has 2 rings (SSSR count). The standard InChI is InChI=1S/C13H17ClN2S/c14-11-8-10(13(15)17)5-6-12(11)16-7-1-2-9-3-4-9/h5-6,8-9,16H,1-4,7H2,(H2,15,17). The van der Waals surface area contributed by atoms with Gasteiger partial charge < -0.3 is 11.1 Å². The lowest BCUT2D eigenvalue weighted by atomic mass is 10.2. The summed E-state index contributed by atoms with van der Waals surface area (Å²) < 4.78 is 0. The van der Waals surface area contributed by atoms with E-state index in [1.807, 2.05) is 18.2 Å². The first kappa shape index (κ1) is 12.7. The van der Waals surface area contributed by atoms with Crippen molar-refractivity contribution in [2.24, 2.45) is 11.7 Å². The van der Waals surface area contributed by atoms with Gasteiger partial charge in [-0.15, -0.1) is 0 Å². The first-order chi connectivity index (χ1) is 8.16. The predicted octanol–water partition coefficient (Wildman–Crippen LogP) is 3.58. The zero-order valence-corrected chi connectivity index (χ0v) is 11.3. The number of rotatable bonds is 6. The fraction of sp³-hybridized carbons (Fsp3) is 0.462. The highest BCUT2D eigenvalue weighted by Crippen LogP contribution is 2.33. The number of hydrogen-bond donors (Lipinski definition) is 2. The van der Waals surface area contributed by atoms with Gasteiger partial charge in [-0.25, -0.2) is 0 Å². The second kappa shape index (κ2) is 5.69. The molecule has 1 fully saturated rings. The normalized spacial score (nSPS) is 14.6. The van der Waals surface area contributed by atoms with Gasteiger partial charge >= 0.3 is 0 Å². The number of hydrogen-bond acceptors (Lipinski definition) is 2. The molecule has 1 aliphatic rings. The van der Waals surface area contributed by atoms with Crippen LogP contribution >= 0.6 is 23.8 Å². The Hall–Kier alpha value is -0.800. The lowest BCUT2D eigenvalue weighted by Gasteiger charge is -2.09. The van der Waals surface area contributed by atoms with Crippen molar-refractivity contribution in [3.8, 4) is 0 Å². The molecule has 1 aliphatic carbocycles. The molecule has 4 heteroatoms. The average Bonchev–Trinajstić information content (AvgIpc) is 3.09. The first-order valence-electron chi connectivity index (χ1n) is 6.00. The van der Waals surface area contributed by atoms with Crippen LogP contribution in [0.15, 0.2) is 18.2 Å². The molecule has 1 saturated carbocycles. The summed E-state index contributed by atoms with van der Waals surface area (Å²) in [5.74, 6) is 0.990. The van der Waals surface area contributed by atoms with Crippen molar-refractivity contribution in [3.63, 3.8) is 0 Å². The van der Waals surface area contributed by atoms with E-state index in [4.69, 9.17) is 29.6 Å². The highest BCUT2D eigenvalue weighted by Gasteiger charge is 2.19.